The van der Waals surface area contributed by atoms with Crippen LogP contribution in [0.4, 0.5) is 5.82 Å². The molecule has 1 N–H and O–H groups in total. The van der Waals surface area contributed by atoms with Gasteiger partial charge in [-0.15, -0.1) is 0 Å². The lowest BCUT2D eigenvalue weighted by Gasteiger charge is -2.13. The lowest BCUT2D eigenvalue weighted by Crippen LogP contribution is -2.14. The number of halogens is 1. The maximum absolute atomic E-state index is 5.21. The van der Waals surface area contributed by atoms with Gasteiger partial charge in [-0.2, -0.15) is 0 Å². The van der Waals surface area contributed by atoms with Crippen LogP contribution >= 0.6 is 15.9 Å². The number of rotatable bonds is 6. The van der Waals surface area contributed by atoms with Crippen LogP contribution in [0.15, 0.2) is 4.47 Å². The van der Waals surface area contributed by atoms with Crippen LogP contribution in [-0.4, -0.2) is 37.3 Å². The molecule has 1 heterocycles. The summed E-state index contributed by atoms with van der Waals surface area (Å²) in [5, 5.41) is 3.03. The Kier molecular flexibility index (Phi) is 5.80. The van der Waals surface area contributed by atoms with E-state index in [0.29, 0.717) is 13.0 Å². The summed E-state index contributed by atoms with van der Waals surface area (Å²) < 4.78 is 11.2. The number of hydrogen-bond acceptors (Lipinski definition) is 5. The van der Waals surface area contributed by atoms with Crippen molar-refractivity contribution >= 4 is 21.7 Å². The number of hydrogen-bond donors (Lipinski definition) is 1. The van der Waals surface area contributed by atoms with Crippen molar-refractivity contribution in [2.24, 2.45) is 0 Å². The minimum atomic E-state index is 0.0938. The van der Waals surface area contributed by atoms with Crippen LogP contribution in [0.25, 0.3) is 0 Å². The lowest BCUT2D eigenvalue weighted by molar-refractivity contribution is 0.116. The van der Waals surface area contributed by atoms with Crippen LogP contribution in [0.2, 0.25) is 0 Å². The number of nitrogens with zero attached hydrogens (tertiary/aromatic N) is 2. The van der Waals surface area contributed by atoms with Gasteiger partial charge in [0.25, 0.3) is 0 Å². The minimum absolute atomic E-state index is 0.0938. The molecular formula is C11H18BrN3O2. The van der Waals surface area contributed by atoms with Crippen LogP contribution in [0.5, 0.6) is 0 Å². The van der Waals surface area contributed by atoms with Gasteiger partial charge in [0.1, 0.15) is 11.6 Å². The second-order valence-corrected chi connectivity index (χ2v) is 4.48. The molecule has 5 nitrogen and oxygen atoms in total. The highest BCUT2D eigenvalue weighted by Crippen LogP contribution is 2.24. The third kappa shape index (κ3) is 3.90. The van der Waals surface area contributed by atoms with Gasteiger partial charge >= 0.3 is 0 Å². The second-order valence-electron chi connectivity index (χ2n) is 3.68. The van der Waals surface area contributed by atoms with Crippen molar-refractivity contribution in [1.82, 2.24) is 9.97 Å². The van der Waals surface area contributed by atoms with E-state index in [9.17, 15) is 0 Å². The highest BCUT2D eigenvalue weighted by atomic mass is 79.9. The molecule has 1 unspecified atom stereocenters. The summed E-state index contributed by atoms with van der Waals surface area (Å²) in [4.78, 5) is 8.87. The minimum Gasteiger partial charge on any atom is -0.381 e. The third-order valence-electron chi connectivity index (χ3n) is 2.36. The molecule has 0 saturated carbocycles. The molecule has 1 aromatic rings. The van der Waals surface area contributed by atoms with Crippen molar-refractivity contribution < 1.29 is 9.47 Å². The molecule has 17 heavy (non-hydrogen) atoms. The van der Waals surface area contributed by atoms with Crippen LogP contribution < -0.4 is 5.32 Å². The number of ether oxygens (including phenoxy) is 2. The van der Waals surface area contributed by atoms with Crippen LogP contribution in [0.1, 0.15) is 18.4 Å². The quantitative estimate of drug-likeness (QED) is 0.871. The summed E-state index contributed by atoms with van der Waals surface area (Å²) in [5.74, 6) is 1.52. The largest absolute Gasteiger partial charge is 0.381 e. The van der Waals surface area contributed by atoms with Crippen molar-refractivity contribution in [1.29, 1.82) is 0 Å². The molecule has 0 spiro atoms. The Labute approximate surface area is 110 Å². The Hall–Kier alpha value is -0.720. The molecule has 6 heteroatoms. The zero-order valence-corrected chi connectivity index (χ0v) is 12.2. The molecule has 96 valence electrons. The average Bonchev–Trinajstić information content (AvgIpc) is 2.33. The summed E-state index contributed by atoms with van der Waals surface area (Å²) >= 11 is 3.46. The summed E-state index contributed by atoms with van der Waals surface area (Å²) in [5.41, 5.74) is 0.838. The number of methoxy groups -OCH3 is 2. The molecule has 0 bridgehead atoms. The third-order valence-corrected chi connectivity index (χ3v) is 3.19. The number of nitrogens with one attached hydrogen (secondary N) is 1. The topological polar surface area (TPSA) is 56.3 Å². The first-order valence-electron chi connectivity index (χ1n) is 5.37. The van der Waals surface area contributed by atoms with Gasteiger partial charge in [-0.3, -0.25) is 0 Å². The van der Waals surface area contributed by atoms with E-state index in [0.717, 1.165) is 21.8 Å². The van der Waals surface area contributed by atoms with E-state index in [4.69, 9.17) is 9.47 Å². The van der Waals surface area contributed by atoms with Crippen LogP contribution in [0.3, 0.4) is 0 Å². The molecule has 0 aliphatic carbocycles. The molecule has 0 saturated heterocycles. The van der Waals surface area contributed by atoms with Gasteiger partial charge in [-0.05, 0) is 22.9 Å². The molecule has 0 aromatic carbocycles. The lowest BCUT2D eigenvalue weighted by atomic mass is 10.2. The molecule has 0 aliphatic heterocycles. The van der Waals surface area contributed by atoms with Crippen molar-refractivity contribution in [2.75, 3.05) is 26.6 Å². The summed E-state index contributed by atoms with van der Waals surface area (Å²) in [6, 6.07) is 0. The van der Waals surface area contributed by atoms with Gasteiger partial charge in [0.15, 0.2) is 0 Å². The van der Waals surface area contributed by atoms with Crippen molar-refractivity contribution in [2.45, 2.75) is 26.1 Å². The highest BCUT2D eigenvalue weighted by molar-refractivity contribution is 9.10. The van der Waals surface area contributed by atoms with Gasteiger partial charge in [0, 0.05) is 27.7 Å². The van der Waals surface area contributed by atoms with Gasteiger partial charge in [0.2, 0.25) is 0 Å². The molecule has 0 fully saturated rings. The Morgan fingerprint density at radius 1 is 1.35 bits per heavy atom. The fourth-order valence-electron chi connectivity index (χ4n) is 1.37. The predicted molar refractivity (Wildman–Crippen MR) is 70.2 cm³/mol. The molecular weight excluding hydrogens is 286 g/mol. The Morgan fingerprint density at radius 2 is 2.06 bits per heavy atom. The van der Waals surface area contributed by atoms with Gasteiger partial charge < -0.3 is 14.8 Å². The van der Waals surface area contributed by atoms with E-state index in [1.54, 1.807) is 14.2 Å². The van der Waals surface area contributed by atoms with E-state index in [2.05, 4.69) is 31.2 Å². The molecule has 0 aliphatic rings. The maximum Gasteiger partial charge on any atom is 0.144 e. The van der Waals surface area contributed by atoms with E-state index in [-0.39, 0.29) is 6.10 Å². The first-order valence-corrected chi connectivity index (χ1v) is 6.16. The molecule has 1 atom stereocenters. The fourth-order valence-corrected chi connectivity index (χ4v) is 1.86. The molecule has 1 aromatic heterocycles. The van der Waals surface area contributed by atoms with Crippen molar-refractivity contribution in [3.63, 3.8) is 0 Å². The Bertz CT molecular complexity index is 374. The van der Waals surface area contributed by atoms with Crippen molar-refractivity contribution in [3.05, 3.63) is 16.0 Å². The second kappa shape index (κ2) is 6.88. The summed E-state index contributed by atoms with van der Waals surface area (Å²) in [6.07, 6.45) is 0.770. The molecule has 0 amide bonds. The molecule has 0 radical (unpaired) electrons. The number of anilines is 1. The van der Waals surface area contributed by atoms with E-state index in [1.807, 2.05) is 14.0 Å². The fraction of sp³-hybridized carbons (Fsp3) is 0.636. The first-order chi connectivity index (χ1) is 8.12. The summed E-state index contributed by atoms with van der Waals surface area (Å²) in [7, 11) is 5.15. The van der Waals surface area contributed by atoms with E-state index < -0.39 is 0 Å². The smallest absolute Gasteiger partial charge is 0.144 e. The van der Waals surface area contributed by atoms with Gasteiger partial charge in [-0.1, -0.05) is 0 Å². The van der Waals surface area contributed by atoms with E-state index >= 15 is 0 Å². The van der Waals surface area contributed by atoms with Crippen LogP contribution in [0, 0.1) is 0 Å². The Morgan fingerprint density at radius 3 is 2.59 bits per heavy atom. The van der Waals surface area contributed by atoms with Crippen LogP contribution in [-0.2, 0) is 22.5 Å². The first kappa shape index (κ1) is 14.3. The van der Waals surface area contributed by atoms with Crippen molar-refractivity contribution in [3.8, 4) is 0 Å². The SMILES string of the molecule is CNc1nc(CC(C)OC)nc(COC)c1Br. The highest BCUT2D eigenvalue weighted by Gasteiger charge is 2.13. The standard InChI is InChI=1S/C11H18BrN3O2/c1-7(17-4)5-9-14-8(6-16-3)10(12)11(13-2)15-9/h7H,5-6H2,1-4H3,(H,13,14,15). The Balaban J connectivity index is 3.02. The van der Waals surface area contributed by atoms with Gasteiger partial charge in [-0.25, -0.2) is 9.97 Å². The zero-order chi connectivity index (χ0) is 12.8. The van der Waals surface area contributed by atoms with E-state index in [1.165, 1.54) is 0 Å². The summed E-state index contributed by atoms with van der Waals surface area (Å²) in [6.45, 7) is 2.44. The molecule has 1 rings (SSSR count). The normalized spacial score (nSPS) is 12.5. The zero-order valence-electron chi connectivity index (χ0n) is 10.6. The monoisotopic (exact) mass is 303 g/mol. The maximum atomic E-state index is 5.21. The van der Waals surface area contributed by atoms with Gasteiger partial charge in [0.05, 0.1) is 22.9 Å². The number of aromatic nitrogens is 2. The predicted octanol–water partition coefficient (Wildman–Crippen LogP) is 2.00. The average molecular weight is 304 g/mol.